The molecule has 2 aromatic rings. The summed E-state index contributed by atoms with van der Waals surface area (Å²) in [5.41, 5.74) is 2.70. The summed E-state index contributed by atoms with van der Waals surface area (Å²) in [4.78, 5) is 12.1. The molecule has 1 aromatic carbocycles. The number of rotatable bonds is 5. The number of nitrogens with one attached hydrogen (secondary N) is 2. The third-order valence-corrected chi connectivity index (χ3v) is 3.35. The zero-order valence-corrected chi connectivity index (χ0v) is 12.1. The van der Waals surface area contributed by atoms with Crippen LogP contribution in [0.25, 0.3) is 0 Å². The van der Waals surface area contributed by atoms with Gasteiger partial charge in [-0.3, -0.25) is 4.79 Å². The van der Waals surface area contributed by atoms with Gasteiger partial charge in [0.2, 0.25) is 0 Å². The summed E-state index contributed by atoms with van der Waals surface area (Å²) < 4.78 is 0. The summed E-state index contributed by atoms with van der Waals surface area (Å²) in [6.07, 6.45) is 2.44. The van der Waals surface area contributed by atoms with Gasteiger partial charge in [-0.05, 0) is 23.5 Å². The maximum atomic E-state index is 12.1. The predicted molar refractivity (Wildman–Crippen MR) is 77.2 cm³/mol. The van der Waals surface area contributed by atoms with E-state index < -0.39 is 0 Å². The SMILES string of the molecule is CCc1ccc(C(NC(=O)c2cn[nH]n2)C(C)C)cc1. The first-order valence-corrected chi connectivity index (χ1v) is 6.87. The standard InChI is InChI=1S/C15H20N4O/c1-4-11-5-7-12(8-6-11)14(10(2)3)17-15(20)13-9-16-19-18-13/h5-10,14H,4H2,1-3H3,(H,17,20)(H,16,18,19). The molecule has 20 heavy (non-hydrogen) atoms. The molecule has 1 aromatic heterocycles. The van der Waals surface area contributed by atoms with Crippen LogP contribution in [0.5, 0.6) is 0 Å². The lowest BCUT2D eigenvalue weighted by molar-refractivity contribution is 0.0920. The van der Waals surface area contributed by atoms with Gasteiger partial charge in [-0.1, -0.05) is 45.0 Å². The minimum absolute atomic E-state index is 0.0369. The molecule has 0 radical (unpaired) electrons. The van der Waals surface area contributed by atoms with Crippen molar-refractivity contribution < 1.29 is 4.79 Å². The van der Waals surface area contributed by atoms with Crippen LogP contribution >= 0.6 is 0 Å². The van der Waals surface area contributed by atoms with Crippen LogP contribution in [0.4, 0.5) is 0 Å². The van der Waals surface area contributed by atoms with Crippen LogP contribution in [0.2, 0.25) is 0 Å². The molecule has 1 unspecified atom stereocenters. The van der Waals surface area contributed by atoms with Crippen LogP contribution in [0.3, 0.4) is 0 Å². The summed E-state index contributed by atoms with van der Waals surface area (Å²) in [7, 11) is 0. The molecule has 2 N–H and O–H groups in total. The Morgan fingerprint density at radius 2 is 2.00 bits per heavy atom. The number of aromatic amines is 1. The highest BCUT2D eigenvalue weighted by atomic mass is 16.2. The largest absolute Gasteiger partial charge is 0.344 e. The third-order valence-electron chi connectivity index (χ3n) is 3.35. The number of aromatic nitrogens is 3. The topological polar surface area (TPSA) is 70.7 Å². The van der Waals surface area contributed by atoms with E-state index in [2.05, 4.69) is 65.8 Å². The Labute approximate surface area is 118 Å². The zero-order chi connectivity index (χ0) is 14.5. The molecule has 0 aliphatic rings. The molecule has 5 heteroatoms. The van der Waals surface area contributed by atoms with Gasteiger partial charge in [0.1, 0.15) is 0 Å². The van der Waals surface area contributed by atoms with Crippen LogP contribution in [0, 0.1) is 5.92 Å². The third kappa shape index (κ3) is 3.23. The van der Waals surface area contributed by atoms with E-state index in [0.29, 0.717) is 11.6 Å². The Balaban J connectivity index is 2.16. The van der Waals surface area contributed by atoms with Gasteiger partial charge in [0.05, 0.1) is 12.2 Å². The minimum Gasteiger partial charge on any atom is -0.344 e. The van der Waals surface area contributed by atoms with Crippen LogP contribution in [-0.2, 0) is 6.42 Å². The minimum atomic E-state index is -0.211. The molecule has 0 aliphatic carbocycles. The van der Waals surface area contributed by atoms with E-state index in [1.165, 1.54) is 11.8 Å². The molecule has 5 nitrogen and oxygen atoms in total. The van der Waals surface area contributed by atoms with E-state index in [-0.39, 0.29) is 11.9 Å². The number of carbonyl (C=O) groups excluding carboxylic acids is 1. The van der Waals surface area contributed by atoms with Gasteiger partial charge in [0.15, 0.2) is 5.69 Å². The number of nitrogens with zero attached hydrogens (tertiary/aromatic N) is 2. The monoisotopic (exact) mass is 272 g/mol. The molecule has 1 amide bonds. The number of hydrogen-bond donors (Lipinski definition) is 2. The molecular weight excluding hydrogens is 252 g/mol. The van der Waals surface area contributed by atoms with Gasteiger partial charge < -0.3 is 5.32 Å². The quantitative estimate of drug-likeness (QED) is 0.878. The van der Waals surface area contributed by atoms with Crippen molar-refractivity contribution in [2.75, 3.05) is 0 Å². The first-order valence-electron chi connectivity index (χ1n) is 6.87. The molecular formula is C15H20N4O. The number of hydrogen-bond acceptors (Lipinski definition) is 3. The molecule has 0 spiro atoms. The number of H-pyrrole nitrogens is 1. The number of aryl methyl sites for hydroxylation is 1. The van der Waals surface area contributed by atoms with Crippen molar-refractivity contribution in [3.63, 3.8) is 0 Å². The first kappa shape index (κ1) is 14.2. The van der Waals surface area contributed by atoms with Gasteiger partial charge in [-0.2, -0.15) is 15.4 Å². The Morgan fingerprint density at radius 3 is 2.50 bits per heavy atom. The summed E-state index contributed by atoms with van der Waals surface area (Å²) >= 11 is 0. The van der Waals surface area contributed by atoms with Crippen molar-refractivity contribution >= 4 is 5.91 Å². The highest BCUT2D eigenvalue weighted by Gasteiger charge is 2.20. The van der Waals surface area contributed by atoms with Crippen LogP contribution in [-0.4, -0.2) is 21.3 Å². The summed E-state index contributed by atoms with van der Waals surface area (Å²) in [5, 5.41) is 12.9. The van der Waals surface area contributed by atoms with Crippen LogP contribution < -0.4 is 5.32 Å². The zero-order valence-electron chi connectivity index (χ0n) is 12.1. The van der Waals surface area contributed by atoms with Crippen molar-refractivity contribution in [1.29, 1.82) is 0 Å². The smallest absolute Gasteiger partial charge is 0.273 e. The van der Waals surface area contributed by atoms with E-state index in [0.717, 1.165) is 12.0 Å². The van der Waals surface area contributed by atoms with E-state index in [9.17, 15) is 4.79 Å². The predicted octanol–water partition coefficient (Wildman–Crippen LogP) is 2.49. The van der Waals surface area contributed by atoms with Crippen LogP contribution in [0.15, 0.2) is 30.5 Å². The molecule has 106 valence electrons. The Kier molecular flexibility index (Phi) is 4.50. The average Bonchev–Trinajstić information content (AvgIpc) is 2.98. The lowest BCUT2D eigenvalue weighted by Gasteiger charge is -2.22. The molecule has 0 aliphatic heterocycles. The first-order chi connectivity index (χ1) is 9.61. The fourth-order valence-corrected chi connectivity index (χ4v) is 2.12. The van der Waals surface area contributed by atoms with E-state index in [1.807, 2.05) is 0 Å². The van der Waals surface area contributed by atoms with Crippen LogP contribution in [0.1, 0.15) is 48.4 Å². The van der Waals surface area contributed by atoms with Gasteiger partial charge in [0, 0.05) is 0 Å². The number of carbonyl (C=O) groups is 1. The average molecular weight is 272 g/mol. The molecule has 1 atom stereocenters. The summed E-state index contributed by atoms with van der Waals surface area (Å²) in [6.45, 7) is 6.30. The fourth-order valence-electron chi connectivity index (χ4n) is 2.12. The fraction of sp³-hybridized carbons (Fsp3) is 0.400. The highest BCUT2D eigenvalue weighted by molar-refractivity contribution is 5.92. The Morgan fingerprint density at radius 1 is 1.30 bits per heavy atom. The maximum absolute atomic E-state index is 12.1. The van der Waals surface area contributed by atoms with Crippen molar-refractivity contribution in [2.24, 2.45) is 5.92 Å². The van der Waals surface area contributed by atoms with Gasteiger partial charge in [-0.25, -0.2) is 0 Å². The molecule has 2 rings (SSSR count). The second-order valence-corrected chi connectivity index (χ2v) is 5.15. The summed E-state index contributed by atoms with van der Waals surface area (Å²) in [5.74, 6) is 0.0790. The molecule has 0 fully saturated rings. The van der Waals surface area contributed by atoms with Crippen molar-refractivity contribution in [2.45, 2.75) is 33.2 Å². The van der Waals surface area contributed by atoms with Gasteiger partial charge in [-0.15, -0.1) is 0 Å². The summed E-state index contributed by atoms with van der Waals surface area (Å²) in [6, 6.07) is 8.32. The molecule has 0 saturated carbocycles. The Bertz CT molecular complexity index is 546. The molecule has 1 heterocycles. The normalized spacial score (nSPS) is 12.4. The molecule has 0 saturated heterocycles. The second-order valence-electron chi connectivity index (χ2n) is 5.15. The second kappa shape index (κ2) is 6.32. The highest BCUT2D eigenvalue weighted by Crippen LogP contribution is 2.22. The van der Waals surface area contributed by atoms with Gasteiger partial charge >= 0.3 is 0 Å². The molecule has 0 bridgehead atoms. The van der Waals surface area contributed by atoms with E-state index in [1.54, 1.807) is 0 Å². The maximum Gasteiger partial charge on any atom is 0.273 e. The van der Waals surface area contributed by atoms with Crippen molar-refractivity contribution in [3.8, 4) is 0 Å². The number of benzene rings is 1. The Hall–Kier alpha value is -2.17. The lowest BCUT2D eigenvalue weighted by Crippen LogP contribution is -2.32. The van der Waals surface area contributed by atoms with Gasteiger partial charge in [0.25, 0.3) is 5.91 Å². The number of amides is 1. The van der Waals surface area contributed by atoms with Crippen molar-refractivity contribution in [3.05, 3.63) is 47.3 Å². The van der Waals surface area contributed by atoms with Crippen molar-refractivity contribution in [1.82, 2.24) is 20.7 Å². The lowest BCUT2D eigenvalue weighted by atomic mass is 9.95. The van der Waals surface area contributed by atoms with E-state index >= 15 is 0 Å². The van der Waals surface area contributed by atoms with E-state index in [4.69, 9.17) is 0 Å².